The number of carbonyl (C=O) groups is 2. The summed E-state index contributed by atoms with van der Waals surface area (Å²) in [6, 6.07) is 7.30. The van der Waals surface area contributed by atoms with Crippen molar-refractivity contribution < 1.29 is 18.7 Å². The van der Waals surface area contributed by atoms with Gasteiger partial charge in [-0.05, 0) is 35.7 Å². The highest BCUT2D eigenvalue weighted by Gasteiger charge is 2.36. The summed E-state index contributed by atoms with van der Waals surface area (Å²) < 4.78 is 18.9. The summed E-state index contributed by atoms with van der Waals surface area (Å²) in [4.78, 5) is 29.4. The number of rotatable bonds is 3. The Labute approximate surface area is 161 Å². The van der Waals surface area contributed by atoms with Crippen molar-refractivity contribution >= 4 is 12.0 Å². The van der Waals surface area contributed by atoms with Gasteiger partial charge in [-0.15, -0.1) is 0 Å². The SMILES string of the molecule is O=C1N[C@H](c2cncc(C#CCN3CCCC3=O)c2)[C@@H](c2cccc(F)c2)O1. The smallest absolute Gasteiger partial charge is 0.408 e. The summed E-state index contributed by atoms with van der Waals surface area (Å²) in [6.45, 7) is 1.13. The maximum absolute atomic E-state index is 13.6. The number of aromatic nitrogens is 1. The van der Waals surface area contributed by atoms with Crippen LogP contribution in [0.15, 0.2) is 42.7 Å². The lowest BCUT2D eigenvalue weighted by Crippen LogP contribution is -2.24. The van der Waals surface area contributed by atoms with E-state index >= 15 is 0 Å². The maximum Gasteiger partial charge on any atom is 0.408 e. The van der Waals surface area contributed by atoms with Crippen LogP contribution in [0.4, 0.5) is 9.18 Å². The van der Waals surface area contributed by atoms with Crippen molar-refractivity contribution in [3.05, 3.63) is 65.2 Å². The number of halogens is 1. The molecule has 2 amide bonds. The molecule has 3 heterocycles. The predicted octanol–water partition coefficient (Wildman–Crippen LogP) is 2.72. The highest BCUT2D eigenvalue weighted by molar-refractivity contribution is 5.78. The van der Waals surface area contributed by atoms with E-state index in [-0.39, 0.29) is 5.91 Å². The molecule has 1 N–H and O–H groups in total. The van der Waals surface area contributed by atoms with E-state index in [1.807, 2.05) is 6.07 Å². The molecule has 1 aromatic heterocycles. The fraction of sp³-hybridized carbons (Fsp3) is 0.286. The monoisotopic (exact) mass is 379 g/mol. The van der Waals surface area contributed by atoms with E-state index < -0.39 is 24.1 Å². The zero-order chi connectivity index (χ0) is 19.5. The molecule has 2 atom stereocenters. The van der Waals surface area contributed by atoms with Crippen molar-refractivity contribution in [3.63, 3.8) is 0 Å². The van der Waals surface area contributed by atoms with Gasteiger partial charge in [0.1, 0.15) is 11.9 Å². The number of amides is 2. The first-order chi connectivity index (χ1) is 13.6. The van der Waals surface area contributed by atoms with Gasteiger partial charge in [0.2, 0.25) is 5.91 Å². The summed E-state index contributed by atoms with van der Waals surface area (Å²) in [5.74, 6) is 5.74. The molecule has 2 aliphatic heterocycles. The van der Waals surface area contributed by atoms with Crippen LogP contribution in [0.2, 0.25) is 0 Å². The van der Waals surface area contributed by atoms with Gasteiger partial charge in [-0.3, -0.25) is 9.78 Å². The lowest BCUT2D eigenvalue weighted by atomic mass is 9.97. The number of ether oxygens (including phenoxy) is 1. The first-order valence-electron chi connectivity index (χ1n) is 9.04. The number of alkyl carbamates (subject to hydrolysis) is 1. The molecule has 2 aliphatic rings. The van der Waals surface area contributed by atoms with Gasteiger partial charge in [0, 0.05) is 30.9 Å². The maximum atomic E-state index is 13.6. The summed E-state index contributed by atoms with van der Waals surface area (Å²) in [5, 5.41) is 2.75. The number of nitrogens with zero attached hydrogens (tertiary/aromatic N) is 2. The first kappa shape index (κ1) is 18.0. The average molecular weight is 379 g/mol. The molecule has 1 aromatic carbocycles. The van der Waals surface area contributed by atoms with Crippen molar-refractivity contribution in [2.45, 2.75) is 25.0 Å². The fourth-order valence-electron chi connectivity index (χ4n) is 3.43. The van der Waals surface area contributed by atoms with Crippen molar-refractivity contribution in [2.75, 3.05) is 13.1 Å². The molecule has 6 nitrogen and oxygen atoms in total. The molecular weight excluding hydrogens is 361 g/mol. The lowest BCUT2D eigenvalue weighted by Gasteiger charge is -2.17. The van der Waals surface area contributed by atoms with Crippen LogP contribution >= 0.6 is 0 Å². The zero-order valence-corrected chi connectivity index (χ0v) is 15.0. The van der Waals surface area contributed by atoms with E-state index in [0.717, 1.165) is 13.0 Å². The van der Waals surface area contributed by atoms with Gasteiger partial charge < -0.3 is 15.0 Å². The Hall–Kier alpha value is -3.40. The third-order valence-electron chi connectivity index (χ3n) is 4.78. The number of cyclic esters (lactones) is 1. The van der Waals surface area contributed by atoms with Gasteiger partial charge in [0.25, 0.3) is 0 Å². The molecule has 7 heteroatoms. The van der Waals surface area contributed by atoms with Gasteiger partial charge in [-0.2, -0.15) is 0 Å². The van der Waals surface area contributed by atoms with E-state index in [9.17, 15) is 14.0 Å². The van der Waals surface area contributed by atoms with E-state index in [1.165, 1.54) is 12.1 Å². The Morgan fingerprint density at radius 2 is 2.14 bits per heavy atom. The van der Waals surface area contributed by atoms with Crippen LogP contribution in [0.3, 0.4) is 0 Å². The normalized spacial score (nSPS) is 21.1. The number of benzene rings is 1. The number of nitrogens with one attached hydrogen (secondary N) is 1. The van der Waals surface area contributed by atoms with Gasteiger partial charge in [-0.1, -0.05) is 24.0 Å². The highest BCUT2D eigenvalue weighted by atomic mass is 19.1. The quantitative estimate of drug-likeness (QED) is 0.833. The molecule has 2 saturated heterocycles. The van der Waals surface area contributed by atoms with Gasteiger partial charge >= 0.3 is 6.09 Å². The molecule has 28 heavy (non-hydrogen) atoms. The molecule has 0 unspecified atom stereocenters. The standard InChI is InChI=1S/C21H18FN3O3/c22-17-6-1-5-15(11-17)20-19(24-21(27)28-20)16-10-14(12-23-13-16)4-2-8-25-9-3-7-18(25)26/h1,5-6,10-13,19-20H,3,7-9H2,(H,24,27)/t19-,20-/m1/s1. The molecule has 2 aromatic rings. The van der Waals surface area contributed by atoms with E-state index in [2.05, 4.69) is 22.1 Å². The second kappa shape index (κ2) is 7.69. The molecule has 0 spiro atoms. The van der Waals surface area contributed by atoms with Crippen LogP contribution < -0.4 is 5.32 Å². The minimum Gasteiger partial charge on any atom is -0.439 e. The van der Waals surface area contributed by atoms with Crippen molar-refractivity contribution in [1.82, 2.24) is 15.2 Å². The minimum atomic E-state index is -0.657. The molecule has 0 bridgehead atoms. The Kier molecular flexibility index (Phi) is 4.94. The van der Waals surface area contributed by atoms with Crippen molar-refractivity contribution in [2.24, 2.45) is 0 Å². The van der Waals surface area contributed by atoms with Crippen LogP contribution in [-0.4, -0.2) is 35.0 Å². The highest BCUT2D eigenvalue weighted by Crippen LogP contribution is 2.36. The van der Waals surface area contributed by atoms with Gasteiger partial charge in [-0.25, -0.2) is 9.18 Å². The summed E-state index contributed by atoms with van der Waals surface area (Å²) in [7, 11) is 0. The molecule has 142 valence electrons. The second-order valence-corrected chi connectivity index (χ2v) is 6.73. The fourth-order valence-corrected chi connectivity index (χ4v) is 3.43. The lowest BCUT2D eigenvalue weighted by molar-refractivity contribution is -0.127. The number of hydrogen-bond donors (Lipinski definition) is 1. The number of carbonyl (C=O) groups excluding carboxylic acids is 2. The minimum absolute atomic E-state index is 0.130. The van der Waals surface area contributed by atoms with Gasteiger partial charge in [0.05, 0.1) is 6.54 Å². The Bertz CT molecular complexity index is 982. The molecule has 0 radical (unpaired) electrons. The van der Waals surface area contributed by atoms with E-state index in [4.69, 9.17) is 4.74 Å². The summed E-state index contributed by atoms with van der Waals surface area (Å²) in [6.07, 6.45) is 3.49. The van der Waals surface area contributed by atoms with E-state index in [0.29, 0.717) is 29.7 Å². The second-order valence-electron chi connectivity index (χ2n) is 6.73. The number of pyridine rings is 1. The largest absolute Gasteiger partial charge is 0.439 e. The Morgan fingerprint density at radius 3 is 2.93 bits per heavy atom. The van der Waals surface area contributed by atoms with Crippen LogP contribution in [0.25, 0.3) is 0 Å². The first-order valence-corrected chi connectivity index (χ1v) is 9.04. The molecular formula is C21H18FN3O3. The topological polar surface area (TPSA) is 71.5 Å². The third kappa shape index (κ3) is 3.81. The summed E-state index contributed by atoms with van der Waals surface area (Å²) in [5.41, 5.74) is 1.94. The summed E-state index contributed by atoms with van der Waals surface area (Å²) >= 11 is 0. The van der Waals surface area contributed by atoms with Gasteiger partial charge in [0.15, 0.2) is 6.10 Å². The van der Waals surface area contributed by atoms with Crippen LogP contribution in [0.5, 0.6) is 0 Å². The Morgan fingerprint density at radius 1 is 1.25 bits per heavy atom. The number of hydrogen-bond acceptors (Lipinski definition) is 4. The third-order valence-corrected chi connectivity index (χ3v) is 4.78. The van der Waals surface area contributed by atoms with Crippen molar-refractivity contribution in [1.29, 1.82) is 0 Å². The average Bonchev–Trinajstić information content (AvgIpc) is 3.28. The molecule has 2 fully saturated rings. The number of likely N-dealkylation sites (tertiary alicyclic amines) is 1. The van der Waals surface area contributed by atoms with Crippen LogP contribution in [0, 0.1) is 17.7 Å². The van der Waals surface area contributed by atoms with Crippen molar-refractivity contribution in [3.8, 4) is 11.8 Å². The predicted molar refractivity (Wildman–Crippen MR) is 98.4 cm³/mol. The van der Waals surface area contributed by atoms with Crippen LogP contribution in [0.1, 0.15) is 41.7 Å². The van der Waals surface area contributed by atoms with Crippen LogP contribution in [-0.2, 0) is 9.53 Å². The molecule has 4 rings (SSSR count). The zero-order valence-electron chi connectivity index (χ0n) is 15.0. The molecule has 0 aliphatic carbocycles. The Balaban J connectivity index is 1.54. The van der Waals surface area contributed by atoms with E-state index in [1.54, 1.807) is 29.4 Å². The molecule has 0 saturated carbocycles.